The van der Waals surface area contributed by atoms with Gasteiger partial charge in [-0.15, -0.1) is 0 Å². The molecule has 15 heteroatoms. The van der Waals surface area contributed by atoms with Crippen LogP contribution in [0.25, 0.3) is 0 Å². The molecule has 0 saturated heterocycles. The molecular weight excluding hydrogens is 819 g/mol. The summed E-state index contributed by atoms with van der Waals surface area (Å²) in [6.45, 7) is 3.06. The molecule has 0 aromatic heterocycles. The van der Waals surface area contributed by atoms with Gasteiger partial charge in [-0.2, -0.15) is 0 Å². The molecular formula is C47H81O14P. The topological polar surface area (TPSA) is 230 Å². The van der Waals surface area contributed by atoms with E-state index in [0.29, 0.717) is 32.1 Å². The van der Waals surface area contributed by atoms with Gasteiger partial charge in [-0.3, -0.25) is 18.6 Å². The number of hydrogen-bond acceptors (Lipinski definition) is 13. The van der Waals surface area contributed by atoms with Gasteiger partial charge in [0.25, 0.3) is 0 Å². The van der Waals surface area contributed by atoms with Gasteiger partial charge in [-0.25, -0.2) is 4.57 Å². The summed E-state index contributed by atoms with van der Waals surface area (Å²) in [6, 6.07) is 0. The van der Waals surface area contributed by atoms with Gasteiger partial charge in [0, 0.05) is 12.8 Å². The monoisotopic (exact) mass is 901 g/mol. The Morgan fingerprint density at radius 1 is 0.597 bits per heavy atom. The average Bonchev–Trinajstić information content (AvgIpc) is 3.25. The molecule has 1 rings (SSSR count). The maximum absolute atomic E-state index is 12.8. The van der Waals surface area contributed by atoms with E-state index in [9.17, 15) is 49.7 Å². The van der Waals surface area contributed by atoms with Crippen LogP contribution in [0.3, 0.4) is 0 Å². The van der Waals surface area contributed by atoms with Crippen molar-refractivity contribution in [1.29, 1.82) is 0 Å². The van der Waals surface area contributed by atoms with E-state index in [1.165, 1.54) is 70.6 Å². The van der Waals surface area contributed by atoms with Crippen LogP contribution in [0.1, 0.15) is 162 Å². The smallest absolute Gasteiger partial charge is 0.462 e. The number of allylic oxidation sites excluding steroid dienone is 8. The van der Waals surface area contributed by atoms with Gasteiger partial charge in [0.2, 0.25) is 0 Å². The van der Waals surface area contributed by atoms with Crippen molar-refractivity contribution in [3.63, 3.8) is 0 Å². The van der Waals surface area contributed by atoms with Gasteiger partial charge in [0.15, 0.2) is 6.10 Å². The molecule has 1 aliphatic rings. The molecule has 358 valence electrons. The maximum Gasteiger partial charge on any atom is 0.472 e. The summed E-state index contributed by atoms with van der Waals surface area (Å²) in [6.07, 6.45) is 27.3. The Kier molecular flexibility index (Phi) is 34.2. The molecule has 62 heavy (non-hydrogen) atoms. The van der Waals surface area contributed by atoms with Crippen molar-refractivity contribution in [2.45, 2.75) is 210 Å². The van der Waals surface area contributed by atoms with E-state index in [4.69, 9.17) is 18.5 Å². The number of aliphatic hydroxyl groups excluding tert-OH is 6. The lowest BCUT2D eigenvalue weighted by Crippen LogP contribution is -2.64. The summed E-state index contributed by atoms with van der Waals surface area (Å²) in [7, 11) is -5.15. The first-order valence-corrected chi connectivity index (χ1v) is 24.7. The highest BCUT2D eigenvalue weighted by Gasteiger charge is 2.51. The fraction of sp³-hybridized carbons (Fsp3) is 0.745. The molecule has 1 fully saturated rings. The Morgan fingerprint density at radius 2 is 1.11 bits per heavy atom. The molecule has 1 aliphatic carbocycles. The van der Waals surface area contributed by atoms with Gasteiger partial charge in [0.1, 0.15) is 43.2 Å². The molecule has 0 spiro atoms. The quantitative estimate of drug-likeness (QED) is 0.0103. The van der Waals surface area contributed by atoms with E-state index in [-0.39, 0.29) is 12.8 Å². The fourth-order valence-corrected chi connectivity index (χ4v) is 7.67. The highest BCUT2D eigenvalue weighted by atomic mass is 31.2. The zero-order valence-electron chi connectivity index (χ0n) is 37.5. The van der Waals surface area contributed by atoms with Crippen LogP contribution in [-0.2, 0) is 32.7 Å². The molecule has 14 nitrogen and oxygen atoms in total. The second kappa shape index (κ2) is 36.8. The first kappa shape index (κ1) is 57.5. The van der Waals surface area contributed by atoms with Gasteiger partial charge >= 0.3 is 19.8 Å². The van der Waals surface area contributed by atoms with E-state index < -0.39 is 81.8 Å². The average molecular weight is 901 g/mol. The van der Waals surface area contributed by atoms with Crippen LogP contribution < -0.4 is 0 Å². The van der Waals surface area contributed by atoms with E-state index in [2.05, 4.69) is 26.0 Å². The van der Waals surface area contributed by atoms with Crippen LogP contribution in [0.15, 0.2) is 60.8 Å². The second-order valence-electron chi connectivity index (χ2n) is 16.1. The van der Waals surface area contributed by atoms with Gasteiger partial charge in [-0.1, -0.05) is 164 Å². The van der Waals surface area contributed by atoms with Crippen molar-refractivity contribution in [1.82, 2.24) is 0 Å². The molecule has 7 atom stereocenters. The van der Waals surface area contributed by atoms with Crippen LogP contribution in [0.5, 0.6) is 0 Å². The largest absolute Gasteiger partial charge is 0.472 e. The summed E-state index contributed by atoms with van der Waals surface area (Å²) >= 11 is 0. The van der Waals surface area contributed by atoms with E-state index >= 15 is 0 Å². The number of esters is 2. The van der Waals surface area contributed by atoms with Crippen molar-refractivity contribution >= 4 is 19.8 Å². The van der Waals surface area contributed by atoms with Crippen LogP contribution in [0, 0.1) is 0 Å². The van der Waals surface area contributed by atoms with Crippen LogP contribution >= 0.6 is 7.82 Å². The first-order chi connectivity index (χ1) is 29.8. The Labute approximate surface area is 371 Å². The molecule has 0 aromatic rings. The Balaban J connectivity index is 2.53. The predicted molar refractivity (Wildman–Crippen MR) is 241 cm³/mol. The Morgan fingerprint density at radius 3 is 1.71 bits per heavy atom. The third-order valence-corrected chi connectivity index (χ3v) is 11.4. The van der Waals surface area contributed by atoms with Crippen LogP contribution in [0.2, 0.25) is 0 Å². The van der Waals surface area contributed by atoms with Crippen molar-refractivity contribution in [3.05, 3.63) is 60.8 Å². The minimum absolute atomic E-state index is 0.0143. The zero-order valence-corrected chi connectivity index (χ0v) is 38.4. The fourth-order valence-electron chi connectivity index (χ4n) is 6.70. The molecule has 7 unspecified atom stereocenters. The number of hydrogen-bond donors (Lipinski definition) is 7. The van der Waals surface area contributed by atoms with Crippen LogP contribution in [0.4, 0.5) is 0 Å². The summed E-state index contributed by atoms with van der Waals surface area (Å²) < 4.78 is 33.4. The standard InChI is InChI=1S/C47H81O14P/c1-3-5-7-9-11-12-13-14-15-16-17-18-22-26-30-34-40(49)58-36-39(37-59-62(56,57)61-47-45(54)43(52)42(51)44(53)46(47)55)60-41(50)35-31-27-23-20-19-21-25-29-33-38(48)32-28-24-10-8-6-4-2/h6,8,20-21,23-25,28-29,33,38-39,42-48,51-55H,3-5,7,9-19,22,26-27,30-32,34-37H2,1-2H3,(H,56,57)/b8-6-,23-20-,25-21-,28-24-,33-29+. The highest BCUT2D eigenvalue weighted by Crippen LogP contribution is 2.47. The van der Waals surface area contributed by atoms with E-state index in [0.717, 1.165) is 32.1 Å². The number of phosphoric acid groups is 1. The lowest BCUT2D eigenvalue weighted by Gasteiger charge is -2.41. The summed E-state index contributed by atoms with van der Waals surface area (Å²) in [5.41, 5.74) is 0. The molecule has 0 aromatic carbocycles. The normalized spacial score (nSPS) is 22.9. The van der Waals surface area contributed by atoms with Gasteiger partial charge in [0.05, 0.1) is 12.7 Å². The minimum atomic E-state index is -5.15. The molecule has 0 aliphatic heterocycles. The van der Waals surface area contributed by atoms with Crippen molar-refractivity contribution < 1.29 is 68.2 Å². The third kappa shape index (κ3) is 29.1. The number of unbranched alkanes of at least 4 members (excludes halogenated alkanes) is 15. The van der Waals surface area contributed by atoms with Gasteiger partial charge < -0.3 is 45.0 Å². The van der Waals surface area contributed by atoms with E-state index in [1.54, 1.807) is 12.2 Å². The number of aliphatic hydroxyl groups is 6. The summed E-state index contributed by atoms with van der Waals surface area (Å²) in [5, 5.41) is 60.2. The van der Waals surface area contributed by atoms with Gasteiger partial charge in [-0.05, 0) is 44.9 Å². The lowest BCUT2D eigenvalue weighted by molar-refractivity contribution is -0.220. The third-order valence-electron chi connectivity index (χ3n) is 10.5. The molecule has 0 radical (unpaired) electrons. The number of phosphoric ester groups is 1. The summed E-state index contributed by atoms with van der Waals surface area (Å²) in [4.78, 5) is 35.7. The van der Waals surface area contributed by atoms with Crippen LogP contribution in [-0.4, -0.2) is 110 Å². The van der Waals surface area contributed by atoms with Crippen molar-refractivity contribution in [2.75, 3.05) is 13.2 Å². The molecule has 0 bridgehead atoms. The zero-order chi connectivity index (χ0) is 45.9. The number of rotatable bonds is 37. The maximum atomic E-state index is 12.8. The molecule has 0 amide bonds. The SMILES string of the molecule is CC/C=C\C/C=C\CC(O)/C=C/C=C\C/C=C\CCCC(=O)OC(COC(=O)CCCCCCCCCCCCCCCCC)COP(=O)(O)OC1C(O)C(O)C(O)C(O)C1O. The number of ether oxygens (including phenoxy) is 2. The summed E-state index contributed by atoms with van der Waals surface area (Å²) in [5.74, 6) is -1.21. The second-order valence-corrected chi connectivity index (χ2v) is 17.5. The first-order valence-electron chi connectivity index (χ1n) is 23.2. The number of carbonyl (C=O) groups excluding carboxylic acids is 2. The Bertz CT molecular complexity index is 1330. The predicted octanol–water partition coefficient (Wildman–Crippen LogP) is 7.92. The molecule has 1 saturated carbocycles. The highest BCUT2D eigenvalue weighted by molar-refractivity contribution is 7.47. The van der Waals surface area contributed by atoms with Crippen molar-refractivity contribution in [2.24, 2.45) is 0 Å². The molecule has 7 N–H and O–H groups in total. The lowest BCUT2D eigenvalue weighted by atomic mass is 9.85. The number of carbonyl (C=O) groups is 2. The minimum Gasteiger partial charge on any atom is -0.462 e. The van der Waals surface area contributed by atoms with Crippen molar-refractivity contribution in [3.8, 4) is 0 Å². The van der Waals surface area contributed by atoms with E-state index in [1.807, 2.05) is 36.5 Å². The Hall–Kier alpha value is -2.49. The molecule has 0 heterocycles.